The Morgan fingerprint density at radius 1 is 1.16 bits per heavy atom. The third-order valence-electron chi connectivity index (χ3n) is 3.51. The minimum atomic E-state index is -0.313. The first-order valence-corrected chi connectivity index (χ1v) is 8.76. The molecule has 0 atom stereocenters. The third kappa shape index (κ3) is 9.10. The lowest BCUT2D eigenvalue weighted by Gasteiger charge is -2.12. The molecular weight excluding hydrogens is 318 g/mol. The number of nitrogens with zero attached hydrogens (tertiary/aromatic N) is 1. The predicted octanol–water partition coefficient (Wildman–Crippen LogP) is 2.24. The number of hydrogen-bond acceptors (Lipinski definition) is 4. The molecule has 1 rings (SSSR count). The Bertz CT molecular complexity index is 527. The predicted molar refractivity (Wildman–Crippen MR) is 101 cm³/mol. The highest BCUT2D eigenvalue weighted by Gasteiger charge is 2.04. The van der Waals surface area contributed by atoms with Crippen molar-refractivity contribution in [3.05, 3.63) is 35.4 Å². The van der Waals surface area contributed by atoms with E-state index in [1.807, 2.05) is 12.1 Å². The van der Waals surface area contributed by atoms with Crippen LogP contribution in [0.3, 0.4) is 0 Å². The number of nitrogens with one attached hydrogen (secondary N) is 2. The van der Waals surface area contributed by atoms with Gasteiger partial charge in [-0.3, -0.25) is 4.99 Å². The maximum Gasteiger partial charge on any atom is 0.337 e. The van der Waals surface area contributed by atoms with Gasteiger partial charge in [0, 0.05) is 33.4 Å². The zero-order valence-corrected chi connectivity index (χ0v) is 15.8. The second-order valence-electron chi connectivity index (χ2n) is 6.19. The van der Waals surface area contributed by atoms with E-state index in [1.54, 1.807) is 19.2 Å². The van der Waals surface area contributed by atoms with Crippen molar-refractivity contribution >= 4 is 11.9 Å². The van der Waals surface area contributed by atoms with E-state index in [1.165, 1.54) is 7.11 Å². The summed E-state index contributed by atoms with van der Waals surface area (Å²) in [5, 5.41) is 6.56. The topological polar surface area (TPSA) is 72.0 Å². The van der Waals surface area contributed by atoms with Gasteiger partial charge in [0.2, 0.25) is 0 Å². The molecule has 0 unspecified atom stereocenters. The molecule has 0 spiro atoms. The van der Waals surface area contributed by atoms with Gasteiger partial charge in [0.05, 0.1) is 12.7 Å². The van der Waals surface area contributed by atoms with Crippen LogP contribution in [-0.2, 0) is 15.9 Å². The van der Waals surface area contributed by atoms with E-state index < -0.39 is 0 Å². The Morgan fingerprint density at radius 2 is 1.84 bits per heavy atom. The lowest BCUT2D eigenvalue weighted by Crippen LogP contribution is -2.39. The van der Waals surface area contributed by atoms with Crippen LogP contribution in [0, 0.1) is 5.92 Å². The first-order valence-electron chi connectivity index (χ1n) is 8.76. The molecule has 0 bridgehead atoms. The van der Waals surface area contributed by atoms with Gasteiger partial charge in [0.25, 0.3) is 0 Å². The second kappa shape index (κ2) is 12.3. The molecule has 2 N–H and O–H groups in total. The number of benzene rings is 1. The van der Waals surface area contributed by atoms with Gasteiger partial charge >= 0.3 is 5.97 Å². The number of esters is 1. The average molecular weight is 349 g/mol. The monoisotopic (exact) mass is 349 g/mol. The average Bonchev–Trinajstić information content (AvgIpc) is 2.62. The Morgan fingerprint density at radius 3 is 2.44 bits per heavy atom. The van der Waals surface area contributed by atoms with Crippen LogP contribution < -0.4 is 10.6 Å². The van der Waals surface area contributed by atoms with Crippen molar-refractivity contribution in [1.29, 1.82) is 0 Å². The van der Waals surface area contributed by atoms with Crippen molar-refractivity contribution in [3.63, 3.8) is 0 Å². The maximum atomic E-state index is 11.4. The Balaban J connectivity index is 2.21. The summed E-state index contributed by atoms with van der Waals surface area (Å²) >= 11 is 0. The minimum Gasteiger partial charge on any atom is -0.465 e. The van der Waals surface area contributed by atoms with Crippen molar-refractivity contribution in [2.75, 3.05) is 40.5 Å². The summed E-state index contributed by atoms with van der Waals surface area (Å²) in [6.45, 7) is 7.45. The Labute approximate surface area is 151 Å². The van der Waals surface area contributed by atoms with Crippen LogP contribution in [0.15, 0.2) is 29.3 Å². The lowest BCUT2D eigenvalue weighted by molar-refractivity contribution is 0.0600. The molecule has 6 heteroatoms. The lowest BCUT2D eigenvalue weighted by atomic mass is 10.1. The zero-order valence-electron chi connectivity index (χ0n) is 15.8. The standard InChI is InChI=1S/C19H31N3O3/c1-15(2)14-25-13-5-11-21-19(20-3)22-12-10-16-6-8-17(9-7-16)18(23)24-4/h6-9,15H,5,10-14H2,1-4H3,(H2,20,21,22). The number of carbonyl (C=O) groups excluding carboxylic acids is 1. The van der Waals surface area contributed by atoms with Crippen LogP contribution >= 0.6 is 0 Å². The molecule has 0 heterocycles. The van der Waals surface area contributed by atoms with Crippen molar-refractivity contribution in [2.45, 2.75) is 26.7 Å². The fourth-order valence-corrected chi connectivity index (χ4v) is 2.17. The maximum absolute atomic E-state index is 11.4. The Hall–Kier alpha value is -2.08. The van der Waals surface area contributed by atoms with E-state index in [9.17, 15) is 4.79 Å². The first-order chi connectivity index (χ1) is 12.1. The smallest absolute Gasteiger partial charge is 0.337 e. The molecule has 0 fully saturated rings. The summed E-state index contributed by atoms with van der Waals surface area (Å²) in [5.41, 5.74) is 1.72. The summed E-state index contributed by atoms with van der Waals surface area (Å²) < 4.78 is 10.2. The van der Waals surface area contributed by atoms with Gasteiger partial charge < -0.3 is 20.1 Å². The fraction of sp³-hybridized carbons (Fsp3) is 0.579. The van der Waals surface area contributed by atoms with Gasteiger partial charge in [-0.2, -0.15) is 0 Å². The van der Waals surface area contributed by atoms with Crippen LogP contribution in [-0.4, -0.2) is 52.4 Å². The van der Waals surface area contributed by atoms with E-state index in [2.05, 4.69) is 29.5 Å². The molecule has 0 amide bonds. The van der Waals surface area contributed by atoms with Crippen molar-refractivity contribution in [2.24, 2.45) is 10.9 Å². The highest BCUT2D eigenvalue weighted by Crippen LogP contribution is 2.06. The van der Waals surface area contributed by atoms with E-state index in [4.69, 9.17) is 9.47 Å². The van der Waals surface area contributed by atoms with Crippen LogP contribution in [0.2, 0.25) is 0 Å². The van der Waals surface area contributed by atoms with Crippen LogP contribution in [0.25, 0.3) is 0 Å². The normalized spacial score (nSPS) is 11.5. The number of guanidine groups is 1. The quantitative estimate of drug-likeness (QED) is 0.293. The number of rotatable bonds is 10. The summed E-state index contributed by atoms with van der Waals surface area (Å²) in [6.07, 6.45) is 1.79. The van der Waals surface area contributed by atoms with Gasteiger partial charge in [0.1, 0.15) is 0 Å². The van der Waals surface area contributed by atoms with Crippen molar-refractivity contribution in [1.82, 2.24) is 10.6 Å². The molecule has 6 nitrogen and oxygen atoms in total. The number of aliphatic imine (C=N–C) groups is 1. The van der Waals surface area contributed by atoms with Gasteiger partial charge in [-0.25, -0.2) is 4.79 Å². The molecule has 0 aromatic heterocycles. The second-order valence-corrected chi connectivity index (χ2v) is 6.19. The molecule has 25 heavy (non-hydrogen) atoms. The third-order valence-corrected chi connectivity index (χ3v) is 3.51. The molecule has 140 valence electrons. The molecule has 1 aromatic rings. The summed E-state index contributed by atoms with van der Waals surface area (Å²) in [6, 6.07) is 7.45. The molecule has 0 radical (unpaired) electrons. The van der Waals surface area contributed by atoms with Crippen LogP contribution in [0.5, 0.6) is 0 Å². The number of ether oxygens (including phenoxy) is 2. The number of methoxy groups -OCH3 is 1. The van der Waals surface area contributed by atoms with Gasteiger partial charge in [-0.1, -0.05) is 26.0 Å². The molecular formula is C19H31N3O3. The first kappa shape index (κ1) is 21.0. The van der Waals surface area contributed by atoms with E-state index >= 15 is 0 Å². The summed E-state index contributed by atoms with van der Waals surface area (Å²) in [5.74, 6) is 1.05. The zero-order chi connectivity index (χ0) is 18.5. The van der Waals surface area contributed by atoms with Crippen molar-refractivity contribution in [3.8, 4) is 0 Å². The number of carbonyl (C=O) groups is 1. The van der Waals surface area contributed by atoms with Gasteiger partial charge in [-0.15, -0.1) is 0 Å². The molecule has 0 saturated heterocycles. The molecule has 0 saturated carbocycles. The minimum absolute atomic E-state index is 0.313. The number of hydrogen-bond donors (Lipinski definition) is 2. The molecule has 1 aromatic carbocycles. The van der Waals surface area contributed by atoms with E-state index in [0.29, 0.717) is 11.5 Å². The Kier molecular flexibility index (Phi) is 10.3. The summed E-state index contributed by atoms with van der Waals surface area (Å²) in [4.78, 5) is 15.6. The summed E-state index contributed by atoms with van der Waals surface area (Å²) in [7, 11) is 3.14. The van der Waals surface area contributed by atoms with Crippen molar-refractivity contribution < 1.29 is 14.3 Å². The highest BCUT2D eigenvalue weighted by atomic mass is 16.5. The molecule has 0 aliphatic heterocycles. The molecule has 0 aliphatic carbocycles. The van der Waals surface area contributed by atoms with E-state index in [0.717, 1.165) is 50.7 Å². The largest absolute Gasteiger partial charge is 0.465 e. The molecule has 0 aliphatic rings. The van der Waals surface area contributed by atoms with Gasteiger partial charge in [0.15, 0.2) is 5.96 Å². The van der Waals surface area contributed by atoms with Crippen LogP contribution in [0.4, 0.5) is 0 Å². The fourth-order valence-electron chi connectivity index (χ4n) is 2.17. The SMILES string of the molecule is CN=C(NCCCOCC(C)C)NCCc1ccc(C(=O)OC)cc1. The van der Waals surface area contributed by atoms with Gasteiger partial charge in [-0.05, 0) is 36.5 Å². The van der Waals surface area contributed by atoms with Crippen LogP contribution in [0.1, 0.15) is 36.2 Å². The van der Waals surface area contributed by atoms with E-state index in [-0.39, 0.29) is 5.97 Å². The highest BCUT2D eigenvalue weighted by molar-refractivity contribution is 5.89.